The van der Waals surface area contributed by atoms with Gasteiger partial charge in [-0.05, 0) is 48.9 Å². The Balaban J connectivity index is 1.88. The molecule has 2 aliphatic rings. The minimum Gasteiger partial charge on any atom is -0.497 e. The molecule has 2 aliphatic heterocycles. The molecule has 11 heteroatoms. The second-order valence-corrected chi connectivity index (χ2v) is 8.15. The number of ether oxygens (including phenoxy) is 3. The average molecular weight is 481 g/mol. The molecule has 8 nitrogen and oxygen atoms in total. The number of hydrogen-bond acceptors (Lipinski definition) is 8. The van der Waals surface area contributed by atoms with Gasteiger partial charge in [-0.3, -0.25) is 0 Å². The molecule has 2 aromatic carbocycles. The number of aliphatic hydroxyl groups is 2. The smallest absolute Gasteiger partial charge is 0.416 e. The van der Waals surface area contributed by atoms with Crippen LogP contribution in [0, 0.1) is 0 Å². The molecule has 1 fully saturated rings. The van der Waals surface area contributed by atoms with Crippen molar-refractivity contribution in [3.63, 3.8) is 0 Å². The Morgan fingerprint density at radius 3 is 2.15 bits per heavy atom. The lowest BCUT2D eigenvalue weighted by molar-refractivity contribution is -0.288. The van der Waals surface area contributed by atoms with E-state index in [0.717, 1.165) is 12.1 Å². The first-order valence-electron chi connectivity index (χ1n) is 10.4. The molecule has 0 amide bonds. The van der Waals surface area contributed by atoms with Crippen molar-refractivity contribution in [1.82, 2.24) is 4.90 Å². The molecule has 3 unspecified atom stereocenters. The third-order valence-corrected chi connectivity index (χ3v) is 6.13. The topological polar surface area (TPSA) is 106 Å². The summed E-state index contributed by atoms with van der Waals surface area (Å²) in [4.78, 5) is 26.5. The van der Waals surface area contributed by atoms with E-state index in [-0.39, 0.29) is 12.1 Å². The fourth-order valence-electron chi connectivity index (χ4n) is 4.26. The summed E-state index contributed by atoms with van der Waals surface area (Å²) in [5.41, 5.74) is 0.468. The van der Waals surface area contributed by atoms with Crippen molar-refractivity contribution in [3.8, 4) is 5.75 Å². The van der Waals surface area contributed by atoms with Crippen molar-refractivity contribution < 1.29 is 47.2 Å². The van der Waals surface area contributed by atoms with Gasteiger partial charge in [0, 0.05) is 12.5 Å². The molecule has 0 aromatic heterocycles. The van der Waals surface area contributed by atoms with Crippen molar-refractivity contribution >= 4 is 11.9 Å². The van der Waals surface area contributed by atoms with Crippen molar-refractivity contribution in [2.24, 2.45) is 0 Å². The van der Waals surface area contributed by atoms with Gasteiger partial charge in [-0.15, -0.1) is 0 Å². The van der Waals surface area contributed by atoms with Crippen LogP contribution in [0.15, 0.2) is 42.5 Å². The number of rotatable bonds is 2. The minimum atomic E-state index is -4.48. The summed E-state index contributed by atoms with van der Waals surface area (Å²) in [6.07, 6.45) is -8.42. The van der Waals surface area contributed by atoms with E-state index in [0.29, 0.717) is 23.3 Å². The number of alkyl halides is 3. The van der Waals surface area contributed by atoms with Gasteiger partial charge in [-0.25, -0.2) is 14.5 Å². The lowest BCUT2D eigenvalue weighted by atomic mass is 9.85. The first-order valence-corrected chi connectivity index (χ1v) is 10.4. The normalized spacial score (nSPS) is 27.9. The first-order chi connectivity index (χ1) is 16.0. The van der Waals surface area contributed by atoms with E-state index in [1.807, 2.05) is 0 Å². The van der Waals surface area contributed by atoms with Crippen molar-refractivity contribution in [3.05, 3.63) is 64.7 Å². The van der Waals surface area contributed by atoms with Gasteiger partial charge >= 0.3 is 24.0 Å². The van der Waals surface area contributed by atoms with Crippen molar-refractivity contribution in [1.29, 1.82) is 0 Å². The molecule has 0 saturated carbocycles. The molecule has 1 saturated heterocycles. The van der Waals surface area contributed by atoms with Crippen molar-refractivity contribution in [2.45, 2.75) is 36.6 Å². The predicted molar refractivity (Wildman–Crippen MR) is 109 cm³/mol. The zero-order valence-corrected chi connectivity index (χ0v) is 18.2. The van der Waals surface area contributed by atoms with Gasteiger partial charge < -0.3 is 24.4 Å². The molecular formula is C23H22F3NO7. The van der Waals surface area contributed by atoms with E-state index in [1.54, 1.807) is 12.1 Å². The number of carbonyl (C=O) groups is 2. The molecule has 0 aliphatic carbocycles. The third-order valence-electron chi connectivity index (χ3n) is 6.13. The van der Waals surface area contributed by atoms with Crippen LogP contribution in [-0.4, -0.2) is 60.0 Å². The van der Waals surface area contributed by atoms with Crippen LogP contribution < -0.4 is 4.74 Å². The predicted octanol–water partition coefficient (Wildman–Crippen LogP) is 2.11. The van der Waals surface area contributed by atoms with Gasteiger partial charge in [-0.1, -0.05) is 18.2 Å². The van der Waals surface area contributed by atoms with Gasteiger partial charge in [0.05, 0.1) is 18.2 Å². The second kappa shape index (κ2) is 8.57. The summed E-state index contributed by atoms with van der Waals surface area (Å²) >= 11 is 0. The lowest BCUT2D eigenvalue weighted by Crippen LogP contribution is -2.50. The fraction of sp³-hybridized carbons (Fsp3) is 0.391. The standard InChI is InChI=1S/C23H22F3NO7/c1-27-10-9-15(12-3-5-13(6-4-12)22(24,25)26)16-8-7-14(32-2)11-17(16)23(27)33-20(30)18(28)19(29)21(31)34-23/h3-8,11,15,18-19,28-29H,9-10H2,1-2H3. The summed E-state index contributed by atoms with van der Waals surface area (Å²) in [6, 6.07) is 9.48. The highest BCUT2D eigenvalue weighted by Gasteiger charge is 2.55. The van der Waals surface area contributed by atoms with Crippen LogP contribution in [0.2, 0.25) is 0 Å². The maximum Gasteiger partial charge on any atom is 0.416 e. The maximum absolute atomic E-state index is 13.1. The number of methoxy groups -OCH3 is 1. The van der Waals surface area contributed by atoms with Gasteiger partial charge in [0.15, 0.2) is 12.2 Å². The Bertz CT molecular complexity index is 1080. The summed E-state index contributed by atoms with van der Waals surface area (Å²) in [6.45, 7) is 0.176. The van der Waals surface area contributed by atoms with Crippen LogP contribution in [0.25, 0.3) is 0 Å². The highest BCUT2D eigenvalue weighted by molar-refractivity contribution is 5.87. The number of halogens is 3. The highest BCUT2D eigenvalue weighted by Crippen LogP contribution is 2.45. The van der Waals surface area contributed by atoms with E-state index in [2.05, 4.69) is 0 Å². The van der Waals surface area contributed by atoms with Crippen LogP contribution in [0.4, 0.5) is 13.2 Å². The number of hydrogen-bond donors (Lipinski definition) is 2. The first kappa shape index (κ1) is 24.0. The van der Waals surface area contributed by atoms with Crippen molar-refractivity contribution in [2.75, 3.05) is 20.7 Å². The summed E-state index contributed by atoms with van der Waals surface area (Å²) in [5, 5.41) is 20.0. The fourth-order valence-corrected chi connectivity index (χ4v) is 4.26. The molecule has 2 N–H and O–H groups in total. The Labute approximate surface area is 192 Å². The van der Waals surface area contributed by atoms with Crippen LogP contribution in [-0.2, 0) is 31.2 Å². The summed E-state index contributed by atoms with van der Waals surface area (Å²) in [7, 11) is 2.92. The molecule has 2 heterocycles. The molecule has 0 bridgehead atoms. The largest absolute Gasteiger partial charge is 0.497 e. The van der Waals surface area contributed by atoms with Crippen LogP contribution in [0.5, 0.6) is 5.75 Å². The molecule has 4 rings (SSSR count). The number of nitrogens with zero attached hydrogens (tertiary/aromatic N) is 1. The van der Waals surface area contributed by atoms with Gasteiger partial charge in [0.2, 0.25) is 0 Å². The molecule has 2 aromatic rings. The monoisotopic (exact) mass is 481 g/mol. The number of carbonyl (C=O) groups excluding carboxylic acids is 2. The zero-order chi connectivity index (χ0) is 24.8. The van der Waals surface area contributed by atoms with E-state index >= 15 is 0 Å². The molecule has 0 radical (unpaired) electrons. The third kappa shape index (κ3) is 3.99. The average Bonchev–Trinajstić information content (AvgIpc) is 2.97. The van der Waals surface area contributed by atoms with E-state index in [4.69, 9.17) is 14.2 Å². The Kier molecular flexibility index (Phi) is 6.05. The van der Waals surface area contributed by atoms with Gasteiger partial charge in [-0.2, -0.15) is 13.2 Å². The second-order valence-electron chi connectivity index (χ2n) is 8.15. The Morgan fingerprint density at radius 2 is 1.62 bits per heavy atom. The lowest BCUT2D eigenvalue weighted by Gasteiger charge is -2.38. The Morgan fingerprint density at radius 1 is 1.03 bits per heavy atom. The molecule has 182 valence electrons. The van der Waals surface area contributed by atoms with Gasteiger partial charge in [0.25, 0.3) is 0 Å². The minimum absolute atomic E-state index is 0.176. The number of fused-ring (bicyclic) bond motifs is 2. The molecular weight excluding hydrogens is 459 g/mol. The highest BCUT2D eigenvalue weighted by atomic mass is 19.4. The molecule has 3 atom stereocenters. The number of aliphatic hydroxyl groups excluding tert-OH is 2. The maximum atomic E-state index is 13.1. The summed E-state index contributed by atoms with van der Waals surface area (Å²) < 4.78 is 55.4. The zero-order valence-electron chi connectivity index (χ0n) is 18.2. The summed E-state index contributed by atoms with van der Waals surface area (Å²) in [5.74, 6) is -4.81. The van der Waals surface area contributed by atoms with Crippen LogP contribution >= 0.6 is 0 Å². The quantitative estimate of drug-likeness (QED) is 0.629. The van der Waals surface area contributed by atoms with Gasteiger partial charge in [0.1, 0.15) is 5.75 Å². The van der Waals surface area contributed by atoms with Crippen LogP contribution in [0.3, 0.4) is 0 Å². The van der Waals surface area contributed by atoms with E-state index in [9.17, 15) is 33.0 Å². The van der Waals surface area contributed by atoms with E-state index in [1.165, 1.54) is 37.3 Å². The SMILES string of the molecule is COc1ccc2c(c1)C1(OC(=O)C(O)C(O)C(=O)O1)N(C)CCC2c1ccc(C(F)(F)F)cc1. The number of esters is 2. The van der Waals surface area contributed by atoms with E-state index < -0.39 is 47.7 Å². The molecule has 1 spiro atoms. The van der Waals surface area contributed by atoms with Crippen LogP contribution in [0.1, 0.15) is 34.6 Å². The number of benzene rings is 2. The Hall–Kier alpha value is -3.15. The molecule has 34 heavy (non-hydrogen) atoms.